The van der Waals surface area contributed by atoms with Crippen molar-refractivity contribution in [2.24, 2.45) is 0 Å². The van der Waals surface area contributed by atoms with Crippen LogP contribution in [0, 0.1) is 0 Å². The summed E-state index contributed by atoms with van der Waals surface area (Å²) in [6, 6.07) is 3.67. The standard InChI is InChI=1S/C14H16N4O2/c19-13(11-3-1-6-18-10-15-16-12(11)18)17-7-8-20-14(9-17)4-2-5-14/h1,3,6,10H,2,4-5,7-9H2. The smallest absolute Gasteiger partial charge is 0.257 e. The Morgan fingerprint density at radius 2 is 2.30 bits per heavy atom. The molecule has 1 aliphatic carbocycles. The van der Waals surface area contributed by atoms with Gasteiger partial charge in [0.15, 0.2) is 5.65 Å². The molecule has 1 aliphatic heterocycles. The van der Waals surface area contributed by atoms with Crippen molar-refractivity contribution in [3.05, 3.63) is 30.2 Å². The monoisotopic (exact) mass is 272 g/mol. The van der Waals surface area contributed by atoms with Crippen LogP contribution in [0.1, 0.15) is 29.6 Å². The van der Waals surface area contributed by atoms with E-state index in [-0.39, 0.29) is 11.5 Å². The Balaban J connectivity index is 1.65. The maximum Gasteiger partial charge on any atom is 0.257 e. The van der Waals surface area contributed by atoms with E-state index in [2.05, 4.69) is 10.2 Å². The van der Waals surface area contributed by atoms with E-state index in [9.17, 15) is 4.79 Å². The van der Waals surface area contributed by atoms with Crippen LogP contribution in [0.5, 0.6) is 0 Å². The van der Waals surface area contributed by atoms with E-state index in [4.69, 9.17) is 4.74 Å². The number of aromatic nitrogens is 3. The first kappa shape index (κ1) is 11.8. The maximum absolute atomic E-state index is 12.7. The average Bonchev–Trinajstić information content (AvgIpc) is 2.93. The van der Waals surface area contributed by atoms with Gasteiger partial charge in [0.2, 0.25) is 0 Å². The van der Waals surface area contributed by atoms with E-state index < -0.39 is 0 Å². The molecule has 0 bridgehead atoms. The maximum atomic E-state index is 12.7. The largest absolute Gasteiger partial charge is 0.371 e. The summed E-state index contributed by atoms with van der Waals surface area (Å²) in [4.78, 5) is 14.6. The SMILES string of the molecule is O=C(c1cccn2cnnc12)N1CCOC2(CCC2)C1. The minimum absolute atomic E-state index is 0.0261. The van der Waals surface area contributed by atoms with E-state index in [0.717, 1.165) is 12.8 Å². The highest BCUT2D eigenvalue weighted by Crippen LogP contribution is 2.38. The quantitative estimate of drug-likeness (QED) is 0.780. The molecule has 0 N–H and O–H groups in total. The summed E-state index contributed by atoms with van der Waals surface area (Å²) in [6.07, 6.45) is 6.78. The van der Waals surface area contributed by atoms with Gasteiger partial charge in [-0.3, -0.25) is 9.20 Å². The van der Waals surface area contributed by atoms with Gasteiger partial charge in [0.25, 0.3) is 5.91 Å². The molecule has 2 aliphatic rings. The predicted octanol–water partition coefficient (Wildman–Crippen LogP) is 1.12. The minimum atomic E-state index is -0.0767. The molecule has 1 saturated heterocycles. The number of amides is 1. The molecule has 20 heavy (non-hydrogen) atoms. The number of ether oxygens (including phenoxy) is 1. The molecule has 1 amide bonds. The van der Waals surface area contributed by atoms with Crippen molar-refractivity contribution >= 4 is 11.6 Å². The lowest BCUT2D eigenvalue weighted by atomic mass is 9.79. The lowest BCUT2D eigenvalue weighted by Crippen LogP contribution is -2.57. The lowest BCUT2D eigenvalue weighted by molar-refractivity contribution is -0.142. The number of fused-ring (bicyclic) bond motifs is 1. The number of nitrogens with zero attached hydrogens (tertiary/aromatic N) is 4. The van der Waals surface area contributed by atoms with Gasteiger partial charge < -0.3 is 9.64 Å². The Bertz CT molecular complexity index is 662. The van der Waals surface area contributed by atoms with Crippen LogP contribution in [-0.2, 0) is 4.74 Å². The summed E-state index contributed by atoms with van der Waals surface area (Å²) in [5.41, 5.74) is 1.15. The highest BCUT2D eigenvalue weighted by atomic mass is 16.5. The van der Waals surface area contributed by atoms with Crippen LogP contribution >= 0.6 is 0 Å². The molecular formula is C14H16N4O2. The first-order chi connectivity index (χ1) is 9.77. The number of rotatable bonds is 1. The Morgan fingerprint density at radius 3 is 3.10 bits per heavy atom. The van der Waals surface area contributed by atoms with Crippen molar-refractivity contribution in [1.29, 1.82) is 0 Å². The van der Waals surface area contributed by atoms with E-state index >= 15 is 0 Å². The van der Waals surface area contributed by atoms with Crippen molar-refractivity contribution in [2.75, 3.05) is 19.7 Å². The van der Waals surface area contributed by atoms with Crippen LogP contribution in [-0.4, -0.2) is 50.7 Å². The zero-order valence-corrected chi connectivity index (χ0v) is 11.2. The van der Waals surface area contributed by atoms with Crippen molar-refractivity contribution in [3.8, 4) is 0 Å². The molecule has 104 valence electrons. The van der Waals surface area contributed by atoms with E-state index in [1.807, 2.05) is 23.2 Å². The zero-order chi connectivity index (χ0) is 13.6. The Labute approximate surface area is 116 Å². The molecule has 0 aromatic carbocycles. The summed E-state index contributed by atoms with van der Waals surface area (Å²) < 4.78 is 7.63. The summed E-state index contributed by atoms with van der Waals surface area (Å²) in [7, 11) is 0. The summed E-state index contributed by atoms with van der Waals surface area (Å²) >= 11 is 0. The van der Waals surface area contributed by atoms with Gasteiger partial charge in [0, 0.05) is 12.7 Å². The first-order valence-electron chi connectivity index (χ1n) is 6.99. The second kappa shape index (κ2) is 4.28. The molecule has 2 aromatic heterocycles. The van der Waals surface area contributed by atoms with E-state index in [1.54, 1.807) is 10.7 Å². The topological polar surface area (TPSA) is 59.7 Å². The van der Waals surface area contributed by atoms with Gasteiger partial charge in [0.05, 0.1) is 24.3 Å². The van der Waals surface area contributed by atoms with Crippen LogP contribution in [0.25, 0.3) is 5.65 Å². The molecule has 0 radical (unpaired) electrons. The van der Waals surface area contributed by atoms with Crippen molar-refractivity contribution in [2.45, 2.75) is 24.9 Å². The molecule has 1 spiro atoms. The van der Waals surface area contributed by atoms with Crippen LogP contribution in [0.3, 0.4) is 0 Å². The highest BCUT2D eigenvalue weighted by Gasteiger charge is 2.43. The highest BCUT2D eigenvalue weighted by molar-refractivity contribution is 5.99. The van der Waals surface area contributed by atoms with E-state index in [1.165, 1.54) is 6.42 Å². The number of carbonyl (C=O) groups excluding carboxylic acids is 1. The molecule has 3 heterocycles. The lowest BCUT2D eigenvalue weighted by Gasteiger charge is -2.48. The number of carbonyl (C=O) groups is 1. The number of morpholine rings is 1. The van der Waals surface area contributed by atoms with Gasteiger partial charge in [-0.25, -0.2) is 0 Å². The Hall–Kier alpha value is -1.95. The fraction of sp³-hybridized carbons (Fsp3) is 0.500. The third kappa shape index (κ3) is 1.71. The van der Waals surface area contributed by atoms with Crippen LogP contribution < -0.4 is 0 Å². The van der Waals surface area contributed by atoms with Crippen LogP contribution in [0.15, 0.2) is 24.7 Å². The van der Waals surface area contributed by atoms with Gasteiger partial charge in [-0.15, -0.1) is 10.2 Å². The minimum Gasteiger partial charge on any atom is -0.371 e. The first-order valence-corrected chi connectivity index (χ1v) is 6.99. The van der Waals surface area contributed by atoms with Gasteiger partial charge >= 0.3 is 0 Å². The second-order valence-electron chi connectivity index (χ2n) is 5.60. The Morgan fingerprint density at radius 1 is 1.40 bits per heavy atom. The normalized spacial score (nSPS) is 21.1. The fourth-order valence-corrected chi connectivity index (χ4v) is 3.08. The molecule has 2 fully saturated rings. The summed E-state index contributed by atoms with van der Waals surface area (Å²) in [5.74, 6) is 0.0261. The molecule has 0 unspecified atom stereocenters. The zero-order valence-electron chi connectivity index (χ0n) is 11.2. The van der Waals surface area contributed by atoms with Crippen LogP contribution in [0.4, 0.5) is 0 Å². The number of hydrogen-bond donors (Lipinski definition) is 0. The average molecular weight is 272 g/mol. The molecule has 1 saturated carbocycles. The van der Waals surface area contributed by atoms with E-state index in [0.29, 0.717) is 30.9 Å². The summed E-state index contributed by atoms with van der Waals surface area (Å²) in [5, 5.41) is 7.90. The predicted molar refractivity (Wildman–Crippen MR) is 71.4 cm³/mol. The third-order valence-electron chi connectivity index (χ3n) is 4.35. The molecule has 6 nitrogen and oxygen atoms in total. The number of hydrogen-bond acceptors (Lipinski definition) is 4. The van der Waals surface area contributed by atoms with Gasteiger partial charge in [-0.05, 0) is 31.4 Å². The Kier molecular flexibility index (Phi) is 2.53. The fourth-order valence-electron chi connectivity index (χ4n) is 3.08. The molecule has 6 heteroatoms. The molecular weight excluding hydrogens is 256 g/mol. The van der Waals surface area contributed by atoms with Gasteiger partial charge in [-0.2, -0.15) is 0 Å². The van der Waals surface area contributed by atoms with Gasteiger partial charge in [-0.1, -0.05) is 0 Å². The second-order valence-corrected chi connectivity index (χ2v) is 5.60. The molecule has 0 atom stereocenters. The molecule has 4 rings (SSSR count). The van der Waals surface area contributed by atoms with Gasteiger partial charge in [0.1, 0.15) is 6.33 Å². The summed E-state index contributed by atoms with van der Waals surface area (Å²) in [6.45, 7) is 1.97. The van der Waals surface area contributed by atoms with Crippen molar-refractivity contribution < 1.29 is 9.53 Å². The number of pyridine rings is 1. The van der Waals surface area contributed by atoms with Crippen molar-refractivity contribution in [3.63, 3.8) is 0 Å². The van der Waals surface area contributed by atoms with Crippen molar-refractivity contribution in [1.82, 2.24) is 19.5 Å². The third-order valence-corrected chi connectivity index (χ3v) is 4.35. The molecule has 2 aromatic rings. The van der Waals surface area contributed by atoms with Crippen LogP contribution in [0.2, 0.25) is 0 Å².